The van der Waals surface area contributed by atoms with E-state index in [0.29, 0.717) is 28.3 Å². The molecular formula is C16H13ClFN3O. The predicted molar refractivity (Wildman–Crippen MR) is 86.5 cm³/mol. The second kappa shape index (κ2) is 5.42. The average Bonchev–Trinajstić information content (AvgIpc) is 2.50. The fourth-order valence-electron chi connectivity index (χ4n) is 2.48. The van der Waals surface area contributed by atoms with Gasteiger partial charge in [0, 0.05) is 23.7 Å². The number of fused-ring (bicyclic) bond motifs is 1. The summed E-state index contributed by atoms with van der Waals surface area (Å²) in [5, 5.41) is 1.11. The van der Waals surface area contributed by atoms with Crippen LogP contribution in [-0.2, 0) is 6.54 Å². The second-order valence-corrected chi connectivity index (χ2v) is 5.30. The van der Waals surface area contributed by atoms with Crippen molar-refractivity contribution < 1.29 is 4.39 Å². The number of benzene rings is 1. The maximum absolute atomic E-state index is 13.3. The van der Waals surface area contributed by atoms with Gasteiger partial charge in [-0.1, -0.05) is 17.7 Å². The van der Waals surface area contributed by atoms with Gasteiger partial charge in [0.05, 0.1) is 11.2 Å². The molecule has 1 aromatic carbocycles. The van der Waals surface area contributed by atoms with Crippen LogP contribution in [0.3, 0.4) is 0 Å². The van der Waals surface area contributed by atoms with Crippen LogP contribution in [0.5, 0.6) is 0 Å². The molecule has 0 unspecified atom stereocenters. The molecule has 3 aromatic rings. The highest BCUT2D eigenvalue weighted by Crippen LogP contribution is 2.24. The van der Waals surface area contributed by atoms with Crippen molar-refractivity contribution in [3.8, 4) is 11.1 Å². The predicted octanol–water partition coefficient (Wildman–Crippen LogP) is 3.46. The Kier molecular flexibility index (Phi) is 3.58. The first-order valence-corrected chi connectivity index (χ1v) is 7.13. The molecule has 0 bridgehead atoms. The number of hydrogen-bond donors (Lipinski definition) is 1. The number of aromatic nitrogens is 2. The lowest BCUT2D eigenvalue weighted by molar-refractivity contribution is 0.632. The fraction of sp³-hybridized carbons (Fsp3) is 0.125. The van der Waals surface area contributed by atoms with Gasteiger partial charge < -0.3 is 10.3 Å². The van der Waals surface area contributed by atoms with Gasteiger partial charge in [0.2, 0.25) is 0 Å². The van der Waals surface area contributed by atoms with E-state index in [1.807, 2.05) is 6.92 Å². The molecule has 0 saturated carbocycles. The number of halogens is 2. The first-order chi connectivity index (χ1) is 10.5. The largest absolute Gasteiger partial charge is 0.396 e. The number of aryl methyl sites for hydroxylation is 1. The summed E-state index contributed by atoms with van der Waals surface area (Å²) in [5.41, 5.74) is 7.16. The van der Waals surface area contributed by atoms with E-state index in [-0.39, 0.29) is 11.2 Å². The van der Waals surface area contributed by atoms with Gasteiger partial charge in [-0.05, 0) is 36.8 Å². The van der Waals surface area contributed by atoms with E-state index in [2.05, 4.69) is 4.98 Å². The molecule has 2 aromatic heterocycles. The van der Waals surface area contributed by atoms with Crippen molar-refractivity contribution in [1.82, 2.24) is 9.55 Å². The van der Waals surface area contributed by atoms with Crippen LogP contribution in [0.1, 0.15) is 6.92 Å². The van der Waals surface area contributed by atoms with Crippen LogP contribution in [0.15, 0.2) is 41.3 Å². The zero-order chi connectivity index (χ0) is 15.9. The van der Waals surface area contributed by atoms with Crippen LogP contribution in [-0.4, -0.2) is 9.55 Å². The third-order valence-electron chi connectivity index (χ3n) is 3.57. The summed E-state index contributed by atoms with van der Waals surface area (Å²) in [5.74, 6) is -0.506. The summed E-state index contributed by atoms with van der Waals surface area (Å²) in [7, 11) is 0. The Hall–Kier alpha value is -2.40. The fourth-order valence-corrected chi connectivity index (χ4v) is 2.63. The Balaban J connectivity index is 2.35. The summed E-state index contributed by atoms with van der Waals surface area (Å²) >= 11 is 5.91. The Morgan fingerprint density at radius 1 is 1.32 bits per heavy atom. The van der Waals surface area contributed by atoms with Crippen LogP contribution in [0, 0.1) is 5.82 Å². The van der Waals surface area contributed by atoms with Gasteiger partial charge in [-0.25, -0.2) is 9.37 Å². The molecule has 22 heavy (non-hydrogen) atoms. The minimum atomic E-state index is -0.506. The number of anilines is 1. The molecule has 0 spiro atoms. The monoisotopic (exact) mass is 317 g/mol. The van der Waals surface area contributed by atoms with Gasteiger partial charge in [-0.2, -0.15) is 0 Å². The second-order valence-electron chi connectivity index (χ2n) is 4.91. The number of nitrogens with two attached hydrogens (primary N) is 1. The smallest absolute Gasteiger partial charge is 0.258 e. The van der Waals surface area contributed by atoms with Crippen LogP contribution in [0.25, 0.3) is 22.0 Å². The Morgan fingerprint density at radius 3 is 2.77 bits per heavy atom. The zero-order valence-electron chi connectivity index (χ0n) is 11.8. The van der Waals surface area contributed by atoms with Crippen molar-refractivity contribution in [2.45, 2.75) is 13.5 Å². The standard InChI is InChI=1S/C16H13ClFN3O/c1-2-21-14-7-15(17)20-8-10(14)5-11(16(21)22)9-3-4-12(18)13(19)6-9/h3-8H,2,19H2,1H3. The molecule has 2 N–H and O–H groups in total. The van der Waals surface area contributed by atoms with Crippen molar-refractivity contribution in [3.63, 3.8) is 0 Å². The molecule has 0 saturated heterocycles. The highest BCUT2D eigenvalue weighted by Gasteiger charge is 2.12. The molecule has 0 radical (unpaired) electrons. The number of rotatable bonds is 2. The van der Waals surface area contributed by atoms with Gasteiger partial charge in [0.1, 0.15) is 11.0 Å². The SMILES string of the molecule is CCn1c(=O)c(-c2ccc(F)c(N)c2)cc2cnc(Cl)cc21. The van der Waals surface area contributed by atoms with Gasteiger partial charge in [-0.15, -0.1) is 0 Å². The minimum Gasteiger partial charge on any atom is -0.396 e. The molecule has 0 amide bonds. The van der Waals surface area contributed by atoms with E-state index >= 15 is 0 Å². The van der Waals surface area contributed by atoms with E-state index in [9.17, 15) is 9.18 Å². The normalized spacial score (nSPS) is 11.0. The Bertz CT molecular complexity index is 937. The molecule has 6 heteroatoms. The Morgan fingerprint density at radius 2 is 2.09 bits per heavy atom. The topological polar surface area (TPSA) is 60.9 Å². The maximum atomic E-state index is 13.3. The summed E-state index contributed by atoms with van der Waals surface area (Å²) in [6.07, 6.45) is 1.61. The Labute approximate surface area is 131 Å². The van der Waals surface area contributed by atoms with Gasteiger partial charge in [0.25, 0.3) is 5.56 Å². The van der Waals surface area contributed by atoms with Gasteiger partial charge >= 0.3 is 0 Å². The quantitative estimate of drug-likeness (QED) is 0.581. The first-order valence-electron chi connectivity index (χ1n) is 6.75. The highest BCUT2D eigenvalue weighted by molar-refractivity contribution is 6.30. The summed E-state index contributed by atoms with van der Waals surface area (Å²) in [4.78, 5) is 16.7. The van der Waals surface area contributed by atoms with Crippen LogP contribution >= 0.6 is 11.6 Å². The number of nitrogen functional groups attached to an aromatic ring is 1. The molecule has 4 nitrogen and oxygen atoms in total. The summed E-state index contributed by atoms with van der Waals surface area (Å²) in [6, 6.07) is 7.63. The van der Waals surface area contributed by atoms with Crippen LogP contribution in [0.2, 0.25) is 5.15 Å². The maximum Gasteiger partial charge on any atom is 0.258 e. The zero-order valence-corrected chi connectivity index (χ0v) is 12.6. The molecular weight excluding hydrogens is 305 g/mol. The van der Waals surface area contributed by atoms with Crippen molar-refractivity contribution >= 4 is 28.2 Å². The van der Waals surface area contributed by atoms with E-state index in [1.54, 1.807) is 22.9 Å². The lowest BCUT2D eigenvalue weighted by Gasteiger charge is -2.12. The third kappa shape index (κ3) is 2.33. The number of hydrogen-bond acceptors (Lipinski definition) is 3. The van der Waals surface area contributed by atoms with Gasteiger partial charge in [0.15, 0.2) is 0 Å². The first kappa shape index (κ1) is 14.5. The highest BCUT2D eigenvalue weighted by atomic mass is 35.5. The van der Waals surface area contributed by atoms with Crippen LogP contribution in [0.4, 0.5) is 10.1 Å². The van der Waals surface area contributed by atoms with E-state index in [1.165, 1.54) is 18.2 Å². The van der Waals surface area contributed by atoms with E-state index < -0.39 is 5.82 Å². The van der Waals surface area contributed by atoms with Crippen molar-refractivity contribution in [1.29, 1.82) is 0 Å². The minimum absolute atomic E-state index is 0.00859. The lowest BCUT2D eigenvalue weighted by atomic mass is 10.0. The average molecular weight is 318 g/mol. The molecule has 0 fully saturated rings. The third-order valence-corrected chi connectivity index (χ3v) is 3.77. The molecule has 3 rings (SSSR count). The molecule has 0 aliphatic heterocycles. The summed E-state index contributed by atoms with van der Waals surface area (Å²) < 4.78 is 14.9. The molecule has 2 heterocycles. The van der Waals surface area contributed by atoms with Crippen molar-refractivity contribution in [2.24, 2.45) is 0 Å². The lowest BCUT2D eigenvalue weighted by Crippen LogP contribution is -2.21. The number of nitrogens with zero attached hydrogens (tertiary/aromatic N) is 2. The molecule has 0 aliphatic carbocycles. The molecule has 0 atom stereocenters. The number of pyridine rings is 2. The van der Waals surface area contributed by atoms with Gasteiger partial charge in [-0.3, -0.25) is 4.79 Å². The van der Waals surface area contributed by atoms with Crippen LogP contribution < -0.4 is 11.3 Å². The molecule has 112 valence electrons. The van der Waals surface area contributed by atoms with Crippen molar-refractivity contribution in [2.75, 3.05) is 5.73 Å². The molecule has 0 aliphatic rings. The van der Waals surface area contributed by atoms with E-state index in [4.69, 9.17) is 17.3 Å². The van der Waals surface area contributed by atoms with E-state index in [0.717, 1.165) is 5.39 Å². The summed E-state index contributed by atoms with van der Waals surface area (Å²) in [6.45, 7) is 2.36. The van der Waals surface area contributed by atoms with Crippen molar-refractivity contribution in [3.05, 3.63) is 57.9 Å².